The summed E-state index contributed by atoms with van der Waals surface area (Å²) >= 11 is 1.39. The maximum atomic E-state index is 11.2. The summed E-state index contributed by atoms with van der Waals surface area (Å²) in [6, 6.07) is 0. The molecule has 0 heterocycles. The second kappa shape index (κ2) is 5.84. The van der Waals surface area contributed by atoms with Crippen LogP contribution in [0.5, 0.6) is 0 Å². The monoisotopic (exact) mass is 261 g/mol. The summed E-state index contributed by atoms with van der Waals surface area (Å²) in [5.74, 6) is 0.706. The van der Waals surface area contributed by atoms with Crippen molar-refractivity contribution in [2.24, 2.45) is 5.92 Å². The van der Waals surface area contributed by atoms with Crippen LogP contribution in [-0.2, 0) is 4.57 Å². The van der Waals surface area contributed by atoms with E-state index in [4.69, 9.17) is 0 Å². The molecule has 0 aromatic rings. The maximum absolute atomic E-state index is 11.2. The quantitative estimate of drug-likeness (QED) is 0.751. The van der Waals surface area contributed by atoms with Gasteiger partial charge in [0.25, 0.3) is 0 Å². The Morgan fingerprint density at radius 1 is 1.00 bits per heavy atom. The van der Waals surface area contributed by atoms with Gasteiger partial charge in [-0.05, 0) is 36.2 Å². The fraction of sp³-hybridized carbons (Fsp3) is 1.00. The summed E-state index contributed by atoms with van der Waals surface area (Å²) in [5, 5.41) is 0. The molecule has 0 aliphatic heterocycles. The molecule has 1 unspecified atom stereocenters. The SMILES string of the molecule is O=[P+](O)SC1(C2CCCCC2)CCCCC1. The van der Waals surface area contributed by atoms with E-state index in [0.29, 0.717) is 5.92 Å². The third-order valence-electron chi connectivity index (χ3n) is 4.31. The van der Waals surface area contributed by atoms with Crippen molar-refractivity contribution in [3.05, 3.63) is 0 Å². The van der Waals surface area contributed by atoms with Crippen molar-refractivity contribution in [3.8, 4) is 0 Å². The molecular formula is C12H22O2PS+. The molecule has 2 aliphatic carbocycles. The summed E-state index contributed by atoms with van der Waals surface area (Å²) in [7, 11) is -2.03. The molecule has 0 radical (unpaired) electrons. The van der Waals surface area contributed by atoms with E-state index in [9.17, 15) is 9.46 Å². The first-order valence-corrected chi connectivity index (χ1v) is 9.22. The maximum Gasteiger partial charge on any atom is 0.583 e. The predicted molar refractivity (Wildman–Crippen MR) is 69.8 cm³/mol. The van der Waals surface area contributed by atoms with Gasteiger partial charge in [0, 0.05) is 0 Å². The van der Waals surface area contributed by atoms with Crippen LogP contribution in [0.2, 0.25) is 0 Å². The first-order valence-electron chi connectivity index (χ1n) is 6.58. The third-order valence-corrected chi connectivity index (χ3v) is 7.13. The lowest BCUT2D eigenvalue weighted by atomic mass is 9.72. The van der Waals surface area contributed by atoms with Crippen molar-refractivity contribution in [3.63, 3.8) is 0 Å². The topological polar surface area (TPSA) is 37.3 Å². The number of hydrogen-bond donors (Lipinski definition) is 1. The highest BCUT2D eigenvalue weighted by Crippen LogP contribution is 2.57. The van der Waals surface area contributed by atoms with Gasteiger partial charge in [-0.15, -0.1) is 0 Å². The molecule has 4 heteroatoms. The molecule has 1 N–H and O–H groups in total. The van der Waals surface area contributed by atoms with E-state index >= 15 is 0 Å². The second-order valence-corrected chi connectivity index (χ2v) is 8.25. The van der Waals surface area contributed by atoms with E-state index in [1.165, 1.54) is 75.6 Å². The molecule has 0 spiro atoms. The summed E-state index contributed by atoms with van der Waals surface area (Å²) in [6.07, 6.45) is 12.8. The molecule has 2 aliphatic rings. The van der Waals surface area contributed by atoms with Crippen LogP contribution in [0.15, 0.2) is 0 Å². The highest BCUT2D eigenvalue weighted by Gasteiger charge is 2.47. The fourth-order valence-electron chi connectivity index (χ4n) is 3.51. The van der Waals surface area contributed by atoms with Crippen LogP contribution in [0.1, 0.15) is 64.2 Å². The van der Waals surface area contributed by atoms with Gasteiger partial charge in [-0.1, -0.05) is 38.5 Å². The Hall–Kier alpha value is 0.410. The standard InChI is InChI=1S/C12H21O2PS/c13-15(14)16-12(9-5-2-6-10-12)11-7-3-1-4-8-11/h11H,1-10H2/p+1. The zero-order valence-electron chi connectivity index (χ0n) is 9.86. The van der Waals surface area contributed by atoms with Gasteiger partial charge in [0.1, 0.15) is 0 Å². The van der Waals surface area contributed by atoms with Crippen molar-refractivity contribution >= 4 is 18.6 Å². The lowest BCUT2D eigenvalue weighted by Crippen LogP contribution is -2.37. The van der Waals surface area contributed by atoms with Gasteiger partial charge in [0.2, 0.25) is 0 Å². The first kappa shape index (κ1) is 12.9. The Balaban J connectivity index is 2.07. The molecule has 92 valence electrons. The molecule has 0 aromatic carbocycles. The van der Waals surface area contributed by atoms with E-state index in [1.54, 1.807) is 0 Å². The molecule has 2 rings (SSSR count). The van der Waals surface area contributed by atoms with Gasteiger partial charge >= 0.3 is 7.23 Å². The van der Waals surface area contributed by atoms with Gasteiger partial charge in [-0.25, -0.2) is 0 Å². The Bertz CT molecular complexity index is 245. The van der Waals surface area contributed by atoms with Crippen LogP contribution in [0.3, 0.4) is 0 Å². The van der Waals surface area contributed by atoms with Gasteiger partial charge in [-0.2, -0.15) is 4.89 Å². The lowest BCUT2D eigenvalue weighted by molar-refractivity contribution is 0.228. The fourth-order valence-corrected chi connectivity index (χ4v) is 6.60. The average Bonchev–Trinajstić information content (AvgIpc) is 2.30. The molecule has 16 heavy (non-hydrogen) atoms. The summed E-state index contributed by atoms with van der Waals surface area (Å²) in [5.41, 5.74) is 0. The van der Waals surface area contributed by atoms with E-state index in [1.807, 2.05) is 0 Å². The molecule has 0 saturated heterocycles. The molecule has 0 bridgehead atoms. The van der Waals surface area contributed by atoms with Crippen molar-refractivity contribution in [2.75, 3.05) is 0 Å². The molecule has 2 fully saturated rings. The number of rotatable bonds is 3. The Morgan fingerprint density at radius 3 is 2.12 bits per heavy atom. The van der Waals surface area contributed by atoms with E-state index in [-0.39, 0.29) is 4.75 Å². The van der Waals surface area contributed by atoms with Crippen LogP contribution in [0, 0.1) is 5.92 Å². The second-order valence-electron chi connectivity index (χ2n) is 5.29. The van der Waals surface area contributed by atoms with Crippen LogP contribution < -0.4 is 0 Å². The molecule has 0 aromatic heterocycles. The van der Waals surface area contributed by atoms with Crippen molar-refractivity contribution in [1.29, 1.82) is 0 Å². The van der Waals surface area contributed by atoms with Crippen LogP contribution in [0.25, 0.3) is 0 Å². The molecular weight excluding hydrogens is 239 g/mol. The Labute approximate surface area is 103 Å². The molecule has 1 atom stereocenters. The van der Waals surface area contributed by atoms with Crippen LogP contribution in [0.4, 0.5) is 0 Å². The first-order chi connectivity index (χ1) is 7.73. The lowest BCUT2D eigenvalue weighted by Gasteiger charge is -2.40. The highest BCUT2D eigenvalue weighted by atomic mass is 32.7. The van der Waals surface area contributed by atoms with Gasteiger partial charge in [0.15, 0.2) is 11.4 Å². The molecule has 2 saturated carbocycles. The van der Waals surface area contributed by atoms with Gasteiger partial charge in [0.05, 0.1) is 4.75 Å². The predicted octanol–water partition coefficient (Wildman–Crippen LogP) is 4.65. The molecule has 0 amide bonds. The van der Waals surface area contributed by atoms with Gasteiger partial charge < -0.3 is 0 Å². The minimum atomic E-state index is -2.03. The van der Waals surface area contributed by atoms with Crippen molar-refractivity contribution in [2.45, 2.75) is 69.0 Å². The summed E-state index contributed by atoms with van der Waals surface area (Å²) < 4.78 is 11.4. The Morgan fingerprint density at radius 2 is 1.56 bits per heavy atom. The normalized spacial score (nSPS) is 27.7. The zero-order chi connectivity index (χ0) is 11.4. The minimum Gasteiger partial charge on any atom is -0.151 e. The highest BCUT2D eigenvalue weighted by molar-refractivity contribution is 8.50. The average molecular weight is 261 g/mol. The smallest absolute Gasteiger partial charge is 0.151 e. The van der Waals surface area contributed by atoms with E-state index in [2.05, 4.69) is 0 Å². The van der Waals surface area contributed by atoms with E-state index < -0.39 is 7.23 Å². The summed E-state index contributed by atoms with van der Waals surface area (Å²) in [6.45, 7) is 0. The van der Waals surface area contributed by atoms with Crippen molar-refractivity contribution < 1.29 is 9.46 Å². The van der Waals surface area contributed by atoms with Crippen LogP contribution in [-0.4, -0.2) is 9.64 Å². The van der Waals surface area contributed by atoms with Crippen molar-refractivity contribution in [1.82, 2.24) is 0 Å². The molecule has 2 nitrogen and oxygen atoms in total. The van der Waals surface area contributed by atoms with E-state index in [0.717, 1.165) is 0 Å². The minimum absolute atomic E-state index is 0.154. The zero-order valence-corrected chi connectivity index (χ0v) is 11.6. The Kier molecular flexibility index (Phi) is 4.69. The van der Waals surface area contributed by atoms with Crippen LogP contribution >= 0.6 is 18.6 Å². The summed E-state index contributed by atoms with van der Waals surface area (Å²) in [4.78, 5) is 9.27. The van der Waals surface area contributed by atoms with Gasteiger partial charge in [-0.3, -0.25) is 0 Å². The largest absolute Gasteiger partial charge is 0.583 e. The third kappa shape index (κ3) is 3.00. The number of hydrogen-bond acceptors (Lipinski definition) is 2.